The largest absolute Gasteiger partial charge is 0.342 e. The smallest absolute Gasteiger partial charge is 0.260 e. The Morgan fingerprint density at radius 3 is 1.98 bits per heavy atom. The van der Waals surface area contributed by atoms with E-state index in [9.17, 15) is 22.8 Å². The fraction of sp³-hybridized carbons (Fsp3) is 0.500. The highest BCUT2D eigenvalue weighted by Gasteiger charge is 2.41. The lowest BCUT2D eigenvalue weighted by Crippen LogP contribution is -2.61. The molecule has 2 aromatic carbocycles. The molecule has 0 spiro atoms. The summed E-state index contributed by atoms with van der Waals surface area (Å²) < 4.78 is 28.4. The maximum atomic E-state index is 14.1. The lowest BCUT2D eigenvalue weighted by molar-refractivity contribution is -0.140. The van der Waals surface area contributed by atoms with E-state index < -0.39 is 44.9 Å². The molecule has 0 aliphatic heterocycles. The van der Waals surface area contributed by atoms with Gasteiger partial charge >= 0.3 is 0 Å². The maximum Gasteiger partial charge on any atom is 0.260 e. The molecule has 3 N–H and O–H groups in total. The molecular weight excluding hydrogens is 656 g/mol. The molecule has 2 aromatic rings. The fourth-order valence-corrected chi connectivity index (χ4v) is 6.63. The molecule has 0 aromatic heterocycles. The summed E-state index contributed by atoms with van der Waals surface area (Å²) in [6.45, 7) is 14.9. The normalized spacial score (nSPS) is 14.8. The first-order valence-corrected chi connectivity index (χ1v) is 17.4. The predicted molar refractivity (Wildman–Crippen MR) is 184 cm³/mol. The number of hydrogen-bond donors (Lipinski definition) is 3. The molecule has 0 saturated heterocycles. The van der Waals surface area contributed by atoms with Crippen molar-refractivity contribution in [3.8, 4) is 0 Å². The number of amides is 3. The van der Waals surface area contributed by atoms with Crippen LogP contribution in [0.5, 0.6) is 0 Å². The van der Waals surface area contributed by atoms with E-state index in [1.165, 1.54) is 11.8 Å². The van der Waals surface area contributed by atoms with Crippen LogP contribution in [0.1, 0.15) is 66.5 Å². The highest BCUT2D eigenvalue weighted by molar-refractivity contribution is 9.10. The number of nitrogens with zero attached hydrogens (tertiary/aromatic N) is 1. The van der Waals surface area contributed by atoms with Crippen LogP contribution < -0.4 is 15.4 Å². The van der Waals surface area contributed by atoms with E-state index in [0.717, 1.165) is 10.0 Å². The molecule has 0 radical (unpaired) electrons. The second-order valence-electron chi connectivity index (χ2n) is 13.5. The molecule has 0 bridgehead atoms. The summed E-state index contributed by atoms with van der Waals surface area (Å²) in [6, 6.07) is 14.4. The van der Waals surface area contributed by atoms with E-state index in [1.54, 1.807) is 44.4 Å². The van der Waals surface area contributed by atoms with Gasteiger partial charge in [-0.3, -0.25) is 14.4 Å². The van der Waals surface area contributed by atoms with Crippen LogP contribution in [0.2, 0.25) is 0 Å². The second-order valence-corrected chi connectivity index (χ2v) is 16.1. The summed E-state index contributed by atoms with van der Waals surface area (Å²) in [5.41, 5.74) is 0.447. The minimum atomic E-state index is -3.96. The molecule has 0 aliphatic rings. The number of carbonyl (C=O) groups excluding carboxylic acids is 3. The highest BCUT2D eigenvalue weighted by Crippen LogP contribution is 2.29. The molecule has 9 nitrogen and oxygen atoms in total. The molecule has 0 aliphatic carbocycles. The van der Waals surface area contributed by atoms with Crippen molar-refractivity contribution in [3.63, 3.8) is 0 Å². The van der Waals surface area contributed by atoms with Gasteiger partial charge in [-0.2, -0.15) is 0 Å². The fourth-order valence-electron chi connectivity index (χ4n) is 5.22. The minimum Gasteiger partial charge on any atom is -0.342 e. The number of carbonyl (C=O) groups is 3. The third-order valence-corrected chi connectivity index (χ3v) is 9.70. The molecule has 3 amide bonds. The van der Waals surface area contributed by atoms with E-state index in [0.29, 0.717) is 5.56 Å². The molecule has 3 unspecified atom stereocenters. The molecule has 0 saturated carbocycles. The van der Waals surface area contributed by atoms with Gasteiger partial charge in [-0.05, 0) is 48.6 Å². The van der Waals surface area contributed by atoms with Crippen LogP contribution >= 0.6 is 15.9 Å². The average Bonchev–Trinajstić information content (AvgIpc) is 2.94. The molecular formula is C34H49BrN4O5S. The zero-order chi connectivity index (χ0) is 34.3. The van der Waals surface area contributed by atoms with Crippen LogP contribution in [-0.4, -0.2) is 63.3 Å². The van der Waals surface area contributed by atoms with Crippen LogP contribution in [0.15, 0.2) is 70.7 Å². The van der Waals surface area contributed by atoms with Crippen molar-refractivity contribution in [2.45, 2.75) is 84.7 Å². The molecule has 0 fully saturated rings. The zero-order valence-corrected chi connectivity index (χ0v) is 30.5. The number of sulfonamides is 1. The summed E-state index contributed by atoms with van der Waals surface area (Å²) in [5, 5.41) is 6.16. The monoisotopic (exact) mass is 704 g/mol. The van der Waals surface area contributed by atoms with Crippen LogP contribution in [0.3, 0.4) is 0 Å². The van der Waals surface area contributed by atoms with E-state index >= 15 is 0 Å². The van der Waals surface area contributed by atoms with Gasteiger partial charge in [0.25, 0.3) is 5.91 Å². The summed E-state index contributed by atoms with van der Waals surface area (Å²) >= 11 is 3.32. The zero-order valence-electron chi connectivity index (χ0n) is 28.1. The number of nitrogens with one attached hydrogen (secondary N) is 3. The van der Waals surface area contributed by atoms with Gasteiger partial charge in [-0.15, -0.1) is 0 Å². The Bertz CT molecular complexity index is 1470. The molecule has 3 atom stereocenters. The lowest BCUT2D eigenvalue weighted by atomic mass is 9.76. The van der Waals surface area contributed by atoms with Crippen LogP contribution in [-0.2, 0) is 35.6 Å². The van der Waals surface area contributed by atoms with Crippen LogP contribution in [0.4, 0.5) is 0 Å². The van der Waals surface area contributed by atoms with E-state index in [1.807, 2.05) is 78.8 Å². The number of benzene rings is 2. The van der Waals surface area contributed by atoms with E-state index in [4.69, 9.17) is 0 Å². The van der Waals surface area contributed by atoms with Crippen molar-refractivity contribution in [2.75, 3.05) is 14.1 Å². The van der Waals surface area contributed by atoms with Crippen molar-refractivity contribution in [1.82, 2.24) is 20.3 Å². The second kappa shape index (κ2) is 15.5. The lowest BCUT2D eigenvalue weighted by Gasteiger charge is -2.40. The number of rotatable bonds is 13. The summed E-state index contributed by atoms with van der Waals surface area (Å²) in [5.74, 6) is -1.88. The SMILES string of the molecule is CNC(C(=O)NC(C(=O)N(C)C(C=C(C)C(=O)NS(=O)(=O)Cc1ccc(Br)cc1)C(C)C)C(C)(C)C)C(C)(C)c1ccccc1. The Morgan fingerprint density at radius 1 is 0.933 bits per heavy atom. The van der Waals surface area contributed by atoms with Gasteiger partial charge in [0.15, 0.2) is 0 Å². The molecule has 2 rings (SSSR count). The molecule has 11 heteroatoms. The molecule has 248 valence electrons. The van der Waals surface area contributed by atoms with Gasteiger partial charge in [0, 0.05) is 22.5 Å². The Morgan fingerprint density at radius 2 is 1.49 bits per heavy atom. The number of likely N-dealkylation sites (N-methyl/N-ethyl adjacent to an activating group) is 2. The first kappa shape index (κ1) is 38.2. The Balaban J connectivity index is 2.29. The van der Waals surface area contributed by atoms with Gasteiger partial charge in [-0.25, -0.2) is 13.1 Å². The van der Waals surface area contributed by atoms with Crippen molar-refractivity contribution < 1.29 is 22.8 Å². The van der Waals surface area contributed by atoms with Gasteiger partial charge < -0.3 is 15.5 Å². The van der Waals surface area contributed by atoms with Crippen LogP contribution in [0.25, 0.3) is 0 Å². The average molecular weight is 706 g/mol. The highest BCUT2D eigenvalue weighted by atomic mass is 79.9. The van der Waals surface area contributed by atoms with E-state index in [-0.39, 0.29) is 29.1 Å². The van der Waals surface area contributed by atoms with Crippen molar-refractivity contribution in [1.29, 1.82) is 0 Å². The van der Waals surface area contributed by atoms with E-state index in [2.05, 4.69) is 31.3 Å². The first-order valence-electron chi connectivity index (χ1n) is 15.0. The van der Waals surface area contributed by atoms with Crippen molar-refractivity contribution in [3.05, 3.63) is 81.8 Å². The van der Waals surface area contributed by atoms with Gasteiger partial charge in [0.05, 0.1) is 17.8 Å². The first-order chi connectivity index (χ1) is 20.7. The topological polar surface area (TPSA) is 125 Å². The number of halogens is 1. The van der Waals surface area contributed by atoms with Gasteiger partial charge in [0.1, 0.15) is 6.04 Å². The summed E-state index contributed by atoms with van der Waals surface area (Å²) in [6.07, 6.45) is 1.60. The van der Waals surface area contributed by atoms with Crippen molar-refractivity contribution in [2.24, 2.45) is 11.3 Å². The van der Waals surface area contributed by atoms with Crippen molar-refractivity contribution >= 4 is 43.7 Å². The third-order valence-electron chi connectivity index (χ3n) is 7.96. The summed E-state index contributed by atoms with van der Waals surface area (Å²) in [4.78, 5) is 42.3. The molecule has 0 heterocycles. The van der Waals surface area contributed by atoms with Gasteiger partial charge in [-0.1, -0.05) is 113 Å². The molecule has 45 heavy (non-hydrogen) atoms. The Hall–Kier alpha value is -3.02. The third kappa shape index (κ3) is 10.5. The standard InChI is InChI=1S/C34H49BrN4O5S/c1-22(2)27(20-23(3)30(40)38-45(43,44)21-24-16-18-26(35)19-17-24)39(10)32(42)29(33(4,5)6)37-31(41)28(36-9)34(7,8)25-14-12-11-13-15-25/h11-20,22,27-29,36H,21H2,1-10H3,(H,37,41)(H,38,40). The predicted octanol–water partition coefficient (Wildman–Crippen LogP) is 4.92. The minimum absolute atomic E-state index is 0.125. The summed E-state index contributed by atoms with van der Waals surface area (Å²) in [7, 11) is -0.607. The number of hydrogen-bond acceptors (Lipinski definition) is 6. The quantitative estimate of drug-likeness (QED) is 0.254. The van der Waals surface area contributed by atoms with Crippen LogP contribution in [0, 0.1) is 11.3 Å². The maximum absolute atomic E-state index is 14.1. The Kier molecular flexibility index (Phi) is 13.2. The van der Waals surface area contributed by atoms with Gasteiger partial charge in [0.2, 0.25) is 21.8 Å². The Labute approximate surface area is 277 Å².